The fourth-order valence-corrected chi connectivity index (χ4v) is 2.76. The summed E-state index contributed by atoms with van der Waals surface area (Å²) in [6.07, 6.45) is 1.08. The van der Waals surface area contributed by atoms with Crippen LogP contribution >= 0.6 is 11.6 Å². The van der Waals surface area contributed by atoms with Crippen LogP contribution in [0.3, 0.4) is 0 Å². The number of halogens is 1. The Morgan fingerprint density at radius 2 is 1.71 bits per heavy atom. The molecule has 0 radical (unpaired) electrons. The molecule has 2 aromatic rings. The standard InChI is InChI=1S/C18H20ClNO/c1-12-10-13(2)18(14(3)11-12)20-17(21)9-8-15-6-4-5-7-16(15)19/h4-7,10-11H,8-9H2,1-3H3,(H,20,21). The Labute approximate surface area is 131 Å². The second-order valence-electron chi connectivity index (χ2n) is 5.41. The molecule has 2 rings (SSSR count). The van der Waals surface area contributed by atoms with Crippen LogP contribution in [0.5, 0.6) is 0 Å². The number of anilines is 1. The van der Waals surface area contributed by atoms with Gasteiger partial charge in [-0.1, -0.05) is 47.5 Å². The molecule has 0 aliphatic heterocycles. The van der Waals surface area contributed by atoms with E-state index in [1.807, 2.05) is 38.1 Å². The quantitative estimate of drug-likeness (QED) is 0.860. The lowest BCUT2D eigenvalue weighted by Gasteiger charge is -2.13. The van der Waals surface area contributed by atoms with Crippen molar-refractivity contribution in [2.75, 3.05) is 5.32 Å². The van der Waals surface area contributed by atoms with Crippen molar-refractivity contribution in [1.29, 1.82) is 0 Å². The zero-order chi connectivity index (χ0) is 15.4. The van der Waals surface area contributed by atoms with Crippen molar-refractivity contribution in [2.24, 2.45) is 0 Å². The summed E-state index contributed by atoms with van der Waals surface area (Å²) in [5.74, 6) is 0.0185. The van der Waals surface area contributed by atoms with Crippen molar-refractivity contribution in [3.05, 3.63) is 63.7 Å². The average Bonchev–Trinajstić information content (AvgIpc) is 2.42. The molecule has 0 aromatic heterocycles. The number of aryl methyl sites for hydroxylation is 4. The SMILES string of the molecule is Cc1cc(C)c(NC(=O)CCc2ccccc2Cl)c(C)c1. The molecule has 0 heterocycles. The highest BCUT2D eigenvalue weighted by atomic mass is 35.5. The summed E-state index contributed by atoms with van der Waals surface area (Å²) in [5.41, 5.74) is 5.33. The maximum Gasteiger partial charge on any atom is 0.224 e. The Balaban J connectivity index is 2.01. The first-order chi connectivity index (χ1) is 9.97. The number of hydrogen-bond acceptors (Lipinski definition) is 1. The summed E-state index contributed by atoms with van der Waals surface area (Å²) < 4.78 is 0. The molecule has 0 saturated heterocycles. The van der Waals surface area contributed by atoms with E-state index in [0.29, 0.717) is 17.9 Å². The molecule has 21 heavy (non-hydrogen) atoms. The van der Waals surface area contributed by atoms with E-state index in [0.717, 1.165) is 22.4 Å². The van der Waals surface area contributed by atoms with Gasteiger partial charge in [0.25, 0.3) is 0 Å². The molecule has 0 spiro atoms. The van der Waals surface area contributed by atoms with Crippen molar-refractivity contribution in [2.45, 2.75) is 33.6 Å². The predicted octanol–water partition coefficient (Wildman–Crippen LogP) is 4.84. The van der Waals surface area contributed by atoms with Crippen LogP contribution in [0.15, 0.2) is 36.4 Å². The molecule has 1 amide bonds. The van der Waals surface area contributed by atoms with Gasteiger partial charge in [-0.05, 0) is 49.9 Å². The molecule has 110 valence electrons. The van der Waals surface area contributed by atoms with Gasteiger partial charge in [0.05, 0.1) is 0 Å². The van der Waals surface area contributed by atoms with Crippen LogP contribution in [-0.4, -0.2) is 5.91 Å². The third-order valence-corrected chi connectivity index (χ3v) is 3.89. The van der Waals surface area contributed by atoms with E-state index in [9.17, 15) is 4.79 Å². The topological polar surface area (TPSA) is 29.1 Å². The number of rotatable bonds is 4. The van der Waals surface area contributed by atoms with Crippen LogP contribution in [0.1, 0.15) is 28.7 Å². The van der Waals surface area contributed by atoms with E-state index >= 15 is 0 Å². The van der Waals surface area contributed by atoms with Gasteiger partial charge >= 0.3 is 0 Å². The maximum atomic E-state index is 12.1. The van der Waals surface area contributed by atoms with Gasteiger partial charge < -0.3 is 5.32 Å². The number of amides is 1. The van der Waals surface area contributed by atoms with Crippen molar-refractivity contribution in [3.8, 4) is 0 Å². The average molecular weight is 302 g/mol. The van der Waals surface area contributed by atoms with E-state index in [2.05, 4.69) is 24.4 Å². The fourth-order valence-electron chi connectivity index (χ4n) is 2.53. The van der Waals surface area contributed by atoms with Gasteiger partial charge in [-0.15, -0.1) is 0 Å². The third kappa shape index (κ3) is 4.08. The van der Waals surface area contributed by atoms with E-state index in [1.54, 1.807) is 0 Å². The zero-order valence-electron chi connectivity index (χ0n) is 12.7. The number of nitrogens with one attached hydrogen (secondary N) is 1. The molecule has 3 heteroatoms. The molecule has 2 nitrogen and oxygen atoms in total. The molecule has 0 aliphatic carbocycles. The van der Waals surface area contributed by atoms with Gasteiger partial charge in [-0.2, -0.15) is 0 Å². The predicted molar refractivity (Wildman–Crippen MR) is 89.1 cm³/mol. The second-order valence-corrected chi connectivity index (χ2v) is 5.82. The normalized spacial score (nSPS) is 10.5. The maximum absolute atomic E-state index is 12.1. The lowest BCUT2D eigenvalue weighted by atomic mass is 10.0. The van der Waals surface area contributed by atoms with E-state index in [1.165, 1.54) is 5.56 Å². The number of carbonyl (C=O) groups excluding carboxylic acids is 1. The minimum atomic E-state index is 0.0185. The molecule has 0 bridgehead atoms. The Morgan fingerprint density at radius 1 is 1.10 bits per heavy atom. The van der Waals surface area contributed by atoms with Crippen LogP contribution in [-0.2, 0) is 11.2 Å². The minimum Gasteiger partial charge on any atom is -0.326 e. The molecule has 0 atom stereocenters. The van der Waals surface area contributed by atoms with E-state index in [-0.39, 0.29) is 5.91 Å². The highest BCUT2D eigenvalue weighted by Crippen LogP contribution is 2.22. The van der Waals surface area contributed by atoms with Gasteiger partial charge in [0, 0.05) is 17.1 Å². The Bertz CT molecular complexity index is 641. The fraction of sp³-hybridized carbons (Fsp3) is 0.278. The number of benzene rings is 2. The van der Waals surface area contributed by atoms with E-state index in [4.69, 9.17) is 11.6 Å². The van der Waals surface area contributed by atoms with Crippen LogP contribution < -0.4 is 5.32 Å². The molecule has 1 N–H and O–H groups in total. The Morgan fingerprint density at radius 3 is 2.33 bits per heavy atom. The molecule has 0 unspecified atom stereocenters. The summed E-state index contributed by atoms with van der Waals surface area (Å²) in [5, 5.41) is 3.73. The van der Waals surface area contributed by atoms with Crippen LogP contribution in [0.25, 0.3) is 0 Å². The number of hydrogen-bond donors (Lipinski definition) is 1. The van der Waals surface area contributed by atoms with Gasteiger partial charge in [0.2, 0.25) is 5.91 Å². The molecular formula is C18H20ClNO. The first-order valence-electron chi connectivity index (χ1n) is 7.08. The molecule has 0 saturated carbocycles. The Kier molecular flexibility index (Phi) is 5.03. The highest BCUT2D eigenvalue weighted by Gasteiger charge is 2.09. The van der Waals surface area contributed by atoms with Gasteiger partial charge in [0.1, 0.15) is 0 Å². The lowest BCUT2D eigenvalue weighted by molar-refractivity contribution is -0.116. The smallest absolute Gasteiger partial charge is 0.224 e. The third-order valence-electron chi connectivity index (χ3n) is 3.52. The van der Waals surface area contributed by atoms with E-state index < -0.39 is 0 Å². The monoisotopic (exact) mass is 301 g/mol. The van der Waals surface area contributed by atoms with Gasteiger partial charge in [-0.25, -0.2) is 0 Å². The van der Waals surface area contributed by atoms with Crippen molar-refractivity contribution >= 4 is 23.2 Å². The van der Waals surface area contributed by atoms with Crippen molar-refractivity contribution < 1.29 is 4.79 Å². The first-order valence-corrected chi connectivity index (χ1v) is 7.46. The second kappa shape index (κ2) is 6.77. The highest BCUT2D eigenvalue weighted by molar-refractivity contribution is 6.31. The summed E-state index contributed by atoms with van der Waals surface area (Å²) >= 11 is 6.10. The summed E-state index contributed by atoms with van der Waals surface area (Å²) in [7, 11) is 0. The molecular weight excluding hydrogens is 282 g/mol. The minimum absolute atomic E-state index is 0.0185. The van der Waals surface area contributed by atoms with Gasteiger partial charge in [0.15, 0.2) is 0 Å². The van der Waals surface area contributed by atoms with Crippen LogP contribution in [0.2, 0.25) is 5.02 Å². The summed E-state index contributed by atoms with van der Waals surface area (Å²) in [6.45, 7) is 6.09. The number of carbonyl (C=O) groups is 1. The zero-order valence-corrected chi connectivity index (χ0v) is 13.4. The molecule has 2 aromatic carbocycles. The van der Waals surface area contributed by atoms with Crippen LogP contribution in [0, 0.1) is 20.8 Å². The van der Waals surface area contributed by atoms with Crippen molar-refractivity contribution in [3.63, 3.8) is 0 Å². The largest absolute Gasteiger partial charge is 0.326 e. The molecule has 0 aliphatic rings. The summed E-state index contributed by atoms with van der Waals surface area (Å²) in [4.78, 5) is 12.1. The molecule has 0 fully saturated rings. The summed E-state index contributed by atoms with van der Waals surface area (Å²) in [6, 6.07) is 11.8. The van der Waals surface area contributed by atoms with Gasteiger partial charge in [-0.3, -0.25) is 4.79 Å². The van der Waals surface area contributed by atoms with Crippen LogP contribution in [0.4, 0.5) is 5.69 Å². The van der Waals surface area contributed by atoms with Crippen molar-refractivity contribution in [1.82, 2.24) is 0 Å². The first kappa shape index (κ1) is 15.6. The lowest BCUT2D eigenvalue weighted by Crippen LogP contribution is -2.14. The Hall–Kier alpha value is -1.80.